The number of carbonyl (C=O) groups excluding carboxylic acids is 3. The maximum Gasteiger partial charge on any atom is 0.350 e. The minimum absolute atomic E-state index is 0.0619. The van der Waals surface area contributed by atoms with Gasteiger partial charge in [0.25, 0.3) is 0 Å². The smallest absolute Gasteiger partial charge is 0.350 e. The summed E-state index contributed by atoms with van der Waals surface area (Å²) in [4.78, 5) is 38.4. The Labute approximate surface area is 226 Å². The zero-order valence-electron chi connectivity index (χ0n) is 21.2. The number of carbonyl (C=O) groups is 3. The Kier molecular flexibility index (Phi) is 10.4. The van der Waals surface area contributed by atoms with Gasteiger partial charge < -0.3 is 19.1 Å². The Morgan fingerprint density at radius 3 is 1.59 bits per heavy atom. The largest absolute Gasteiger partial charge is 0.465 e. The molecule has 9 heteroatoms. The number of benzene rings is 3. The van der Waals surface area contributed by atoms with Gasteiger partial charge in [-0.25, -0.2) is 14.4 Å². The molecule has 39 heavy (non-hydrogen) atoms. The Bertz CT molecular complexity index is 1350. The van der Waals surface area contributed by atoms with E-state index in [-0.39, 0.29) is 31.9 Å². The van der Waals surface area contributed by atoms with Crippen molar-refractivity contribution in [3.05, 3.63) is 107 Å². The molecule has 0 unspecified atom stereocenters. The highest BCUT2D eigenvalue weighted by Gasteiger charge is 2.18. The molecule has 0 saturated carbocycles. The summed E-state index contributed by atoms with van der Waals surface area (Å²) in [5.41, 5.74) is 1.38. The molecule has 0 N–H and O–H groups in total. The van der Waals surface area contributed by atoms with Gasteiger partial charge in [0, 0.05) is 5.69 Å². The number of methoxy groups -OCH3 is 1. The van der Waals surface area contributed by atoms with Gasteiger partial charge in [0.2, 0.25) is 0 Å². The molecular weight excluding hydrogens is 498 g/mol. The van der Waals surface area contributed by atoms with Gasteiger partial charge in [0.1, 0.15) is 25.4 Å². The van der Waals surface area contributed by atoms with Gasteiger partial charge in [-0.05, 0) is 42.0 Å². The van der Waals surface area contributed by atoms with E-state index in [1.165, 1.54) is 0 Å². The molecule has 0 radical (unpaired) electrons. The first-order chi connectivity index (χ1) is 19.0. The van der Waals surface area contributed by atoms with Crippen LogP contribution in [0.25, 0.3) is 5.57 Å². The second kappa shape index (κ2) is 14.4. The molecule has 0 aliphatic rings. The van der Waals surface area contributed by atoms with Crippen LogP contribution in [0.1, 0.15) is 26.3 Å². The van der Waals surface area contributed by atoms with E-state index in [9.17, 15) is 24.9 Å². The molecule has 0 heterocycles. The SMILES string of the molecule is COC(=O)/C(C#N)=C(\C#N)c1ccc(N(CCOC(=O)c2ccccc2)CCOC(=O)c2ccccc2)cc1. The Morgan fingerprint density at radius 2 is 1.18 bits per heavy atom. The van der Waals surface area contributed by atoms with Crippen molar-refractivity contribution >= 4 is 29.2 Å². The molecule has 3 rings (SSSR count). The van der Waals surface area contributed by atoms with Crippen LogP contribution in [0.3, 0.4) is 0 Å². The third-order valence-electron chi connectivity index (χ3n) is 5.59. The lowest BCUT2D eigenvalue weighted by Gasteiger charge is -2.25. The Hall–Kier alpha value is -5.41. The highest BCUT2D eigenvalue weighted by atomic mass is 16.5. The van der Waals surface area contributed by atoms with E-state index in [1.54, 1.807) is 91.0 Å². The predicted molar refractivity (Wildman–Crippen MR) is 142 cm³/mol. The molecule has 0 spiro atoms. The van der Waals surface area contributed by atoms with Crippen molar-refractivity contribution in [2.45, 2.75) is 0 Å². The number of nitriles is 2. The first kappa shape index (κ1) is 28.2. The summed E-state index contributed by atoms with van der Waals surface area (Å²) in [7, 11) is 1.13. The van der Waals surface area contributed by atoms with Gasteiger partial charge in [-0.3, -0.25) is 0 Å². The van der Waals surface area contributed by atoms with Crippen molar-refractivity contribution < 1.29 is 28.6 Å². The minimum Gasteiger partial charge on any atom is -0.465 e. The molecule has 3 aromatic carbocycles. The van der Waals surface area contributed by atoms with Gasteiger partial charge >= 0.3 is 17.9 Å². The highest BCUT2D eigenvalue weighted by Crippen LogP contribution is 2.23. The summed E-state index contributed by atoms with van der Waals surface area (Å²) in [6.07, 6.45) is 0. The van der Waals surface area contributed by atoms with E-state index in [0.29, 0.717) is 22.4 Å². The first-order valence-corrected chi connectivity index (χ1v) is 11.9. The van der Waals surface area contributed by atoms with Crippen LogP contribution in [-0.2, 0) is 19.0 Å². The highest BCUT2D eigenvalue weighted by molar-refractivity contribution is 6.04. The zero-order chi connectivity index (χ0) is 28.0. The number of ether oxygens (including phenoxy) is 3. The summed E-state index contributed by atoms with van der Waals surface area (Å²) < 4.78 is 15.4. The van der Waals surface area contributed by atoms with Crippen LogP contribution in [0.2, 0.25) is 0 Å². The van der Waals surface area contributed by atoms with Crippen LogP contribution in [-0.4, -0.2) is 51.3 Å². The van der Waals surface area contributed by atoms with Crippen LogP contribution < -0.4 is 4.90 Å². The molecule has 0 atom stereocenters. The number of esters is 3. The number of allylic oxidation sites excluding steroid dienone is 1. The number of hydrogen-bond acceptors (Lipinski definition) is 9. The second-order valence-electron chi connectivity index (χ2n) is 8.00. The molecule has 0 amide bonds. The molecule has 3 aromatic rings. The fourth-order valence-electron chi connectivity index (χ4n) is 3.59. The third kappa shape index (κ3) is 7.78. The fourth-order valence-corrected chi connectivity index (χ4v) is 3.59. The standard InChI is InChI=1S/C30H25N3O6/c1-37-30(36)27(21-32)26(20-31)22-12-14-25(15-13-22)33(16-18-38-28(34)23-8-4-2-5-9-23)17-19-39-29(35)24-10-6-3-7-11-24/h2-15H,16-19H2,1H3/b27-26+. The van der Waals surface area contributed by atoms with Crippen molar-refractivity contribution in [2.24, 2.45) is 0 Å². The minimum atomic E-state index is -0.903. The molecule has 0 bridgehead atoms. The maximum absolute atomic E-state index is 12.3. The molecule has 9 nitrogen and oxygen atoms in total. The maximum atomic E-state index is 12.3. The number of anilines is 1. The lowest BCUT2D eigenvalue weighted by atomic mass is 10.0. The quantitative estimate of drug-likeness (QED) is 0.157. The van der Waals surface area contributed by atoms with Gasteiger partial charge in [-0.15, -0.1) is 0 Å². The van der Waals surface area contributed by atoms with Gasteiger partial charge in [-0.1, -0.05) is 48.5 Å². The summed E-state index contributed by atoms with van der Waals surface area (Å²) in [6.45, 7) is 0.694. The molecule has 0 aliphatic carbocycles. The molecule has 0 fully saturated rings. The van der Waals surface area contributed by atoms with E-state index in [2.05, 4.69) is 4.74 Å². The van der Waals surface area contributed by atoms with E-state index in [0.717, 1.165) is 7.11 Å². The lowest BCUT2D eigenvalue weighted by molar-refractivity contribution is -0.135. The van der Waals surface area contributed by atoms with E-state index >= 15 is 0 Å². The van der Waals surface area contributed by atoms with Crippen molar-refractivity contribution in [2.75, 3.05) is 38.3 Å². The van der Waals surface area contributed by atoms with Crippen molar-refractivity contribution in [1.29, 1.82) is 10.5 Å². The normalized spacial score (nSPS) is 10.7. The van der Waals surface area contributed by atoms with Gasteiger partial charge in [-0.2, -0.15) is 10.5 Å². The molecule has 0 aliphatic heterocycles. The monoisotopic (exact) mass is 523 g/mol. The molecule has 0 aromatic heterocycles. The van der Waals surface area contributed by atoms with Gasteiger partial charge in [0.05, 0.1) is 36.9 Å². The Balaban J connectivity index is 1.75. The van der Waals surface area contributed by atoms with Crippen molar-refractivity contribution in [1.82, 2.24) is 0 Å². The average Bonchev–Trinajstić information content (AvgIpc) is 2.99. The third-order valence-corrected chi connectivity index (χ3v) is 5.59. The summed E-state index contributed by atoms with van der Waals surface area (Å²) in [6, 6.07) is 27.4. The fraction of sp³-hybridized carbons (Fsp3) is 0.167. The number of hydrogen-bond donors (Lipinski definition) is 0. The number of rotatable bonds is 11. The van der Waals surface area contributed by atoms with Crippen LogP contribution in [0.15, 0.2) is 90.5 Å². The van der Waals surface area contributed by atoms with E-state index < -0.39 is 23.5 Å². The predicted octanol–water partition coefficient (Wildman–Crippen LogP) is 4.18. The molecule has 196 valence electrons. The topological polar surface area (TPSA) is 130 Å². The molecular formula is C30H25N3O6. The summed E-state index contributed by atoms with van der Waals surface area (Å²) >= 11 is 0. The summed E-state index contributed by atoms with van der Waals surface area (Å²) in [5, 5.41) is 18.9. The van der Waals surface area contributed by atoms with E-state index in [1.807, 2.05) is 11.0 Å². The second-order valence-corrected chi connectivity index (χ2v) is 8.00. The Morgan fingerprint density at radius 1 is 0.692 bits per heavy atom. The van der Waals surface area contributed by atoms with E-state index in [4.69, 9.17) is 9.47 Å². The van der Waals surface area contributed by atoms with Crippen LogP contribution in [0, 0.1) is 22.7 Å². The van der Waals surface area contributed by atoms with Crippen LogP contribution in [0.5, 0.6) is 0 Å². The summed E-state index contributed by atoms with van der Waals surface area (Å²) in [5.74, 6) is -1.82. The lowest BCUT2D eigenvalue weighted by Crippen LogP contribution is -2.32. The zero-order valence-corrected chi connectivity index (χ0v) is 21.2. The van der Waals surface area contributed by atoms with Crippen LogP contribution >= 0.6 is 0 Å². The average molecular weight is 524 g/mol. The molecule has 0 saturated heterocycles. The van der Waals surface area contributed by atoms with Gasteiger partial charge in [0.15, 0.2) is 5.57 Å². The van der Waals surface area contributed by atoms with Crippen LogP contribution in [0.4, 0.5) is 5.69 Å². The van der Waals surface area contributed by atoms with Crippen molar-refractivity contribution in [3.8, 4) is 12.1 Å². The first-order valence-electron chi connectivity index (χ1n) is 11.9. The number of nitrogens with zero attached hydrogens (tertiary/aromatic N) is 3. The van der Waals surface area contributed by atoms with Crippen molar-refractivity contribution in [3.63, 3.8) is 0 Å².